The number of nitrogens with zero attached hydrogens (tertiary/aromatic N) is 1. The highest BCUT2D eigenvalue weighted by Crippen LogP contribution is 2.28. The Hall–Kier alpha value is -3.09. The third kappa shape index (κ3) is 2.88. The van der Waals surface area contributed by atoms with E-state index in [1.165, 1.54) is 6.26 Å². The lowest BCUT2D eigenvalue weighted by molar-refractivity contribution is -0.135. The highest BCUT2D eigenvalue weighted by atomic mass is 16.3. The number of imide groups is 1. The lowest BCUT2D eigenvalue weighted by Gasteiger charge is -2.18. The average molecular weight is 327 g/mol. The number of nitrogens with one attached hydrogen (secondary N) is 2. The summed E-state index contributed by atoms with van der Waals surface area (Å²) in [7, 11) is 0. The van der Waals surface area contributed by atoms with Crippen LogP contribution >= 0.6 is 0 Å². The van der Waals surface area contributed by atoms with Crippen LogP contribution in [-0.4, -0.2) is 29.3 Å². The SMILES string of the molecule is CC1(c2ccco2)NC(=O)N(CC(=O)NCc2ccccc2)C1=O. The Morgan fingerprint density at radius 3 is 2.62 bits per heavy atom. The van der Waals surface area contributed by atoms with Crippen molar-refractivity contribution in [2.24, 2.45) is 0 Å². The van der Waals surface area contributed by atoms with Crippen molar-refractivity contribution in [2.75, 3.05) is 6.54 Å². The monoisotopic (exact) mass is 327 g/mol. The Bertz CT molecular complexity index is 757. The van der Waals surface area contributed by atoms with Crippen LogP contribution in [0.5, 0.6) is 0 Å². The maximum absolute atomic E-state index is 12.5. The van der Waals surface area contributed by atoms with Crippen molar-refractivity contribution in [3.8, 4) is 0 Å². The van der Waals surface area contributed by atoms with Crippen LogP contribution in [0.2, 0.25) is 0 Å². The average Bonchev–Trinajstić information content (AvgIpc) is 3.19. The van der Waals surface area contributed by atoms with E-state index in [-0.39, 0.29) is 6.54 Å². The fraction of sp³-hybridized carbons (Fsp3) is 0.235. The van der Waals surface area contributed by atoms with E-state index in [1.807, 2.05) is 30.3 Å². The molecule has 3 rings (SSSR count). The quantitative estimate of drug-likeness (QED) is 0.811. The molecule has 0 aliphatic carbocycles. The number of rotatable bonds is 5. The van der Waals surface area contributed by atoms with Gasteiger partial charge in [-0.2, -0.15) is 0 Å². The fourth-order valence-corrected chi connectivity index (χ4v) is 2.57. The molecule has 24 heavy (non-hydrogen) atoms. The topological polar surface area (TPSA) is 91.7 Å². The van der Waals surface area contributed by atoms with Gasteiger partial charge in [-0.05, 0) is 24.6 Å². The number of amides is 4. The molecule has 1 fully saturated rings. The highest BCUT2D eigenvalue weighted by Gasteiger charge is 2.51. The van der Waals surface area contributed by atoms with Crippen LogP contribution in [0.3, 0.4) is 0 Å². The maximum Gasteiger partial charge on any atom is 0.325 e. The van der Waals surface area contributed by atoms with E-state index >= 15 is 0 Å². The van der Waals surface area contributed by atoms with Gasteiger partial charge in [0.25, 0.3) is 5.91 Å². The maximum atomic E-state index is 12.5. The van der Waals surface area contributed by atoms with E-state index in [4.69, 9.17) is 4.42 Å². The molecular formula is C17H17N3O4. The van der Waals surface area contributed by atoms with Crippen LogP contribution < -0.4 is 10.6 Å². The smallest absolute Gasteiger partial charge is 0.325 e. The molecule has 2 heterocycles. The lowest BCUT2D eigenvalue weighted by atomic mass is 9.99. The molecule has 124 valence electrons. The Balaban J connectivity index is 1.64. The molecule has 1 aliphatic heterocycles. The van der Waals surface area contributed by atoms with Gasteiger partial charge in [-0.25, -0.2) is 4.79 Å². The van der Waals surface area contributed by atoms with Gasteiger partial charge in [0.1, 0.15) is 12.3 Å². The first-order chi connectivity index (χ1) is 11.5. The molecule has 4 amide bonds. The molecule has 1 aromatic carbocycles. The molecule has 1 atom stereocenters. The van der Waals surface area contributed by atoms with Crippen molar-refractivity contribution in [3.05, 3.63) is 60.1 Å². The fourth-order valence-electron chi connectivity index (χ4n) is 2.57. The Labute approximate surface area is 138 Å². The van der Waals surface area contributed by atoms with E-state index in [2.05, 4.69) is 10.6 Å². The van der Waals surface area contributed by atoms with E-state index in [9.17, 15) is 14.4 Å². The van der Waals surface area contributed by atoms with Crippen molar-refractivity contribution in [3.63, 3.8) is 0 Å². The first-order valence-corrected chi connectivity index (χ1v) is 7.49. The first kappa shape index (κ1) is 15.8. The minimum Gasteiger partial charge on any atom is -0.466 e. The van der Waals surface area contributed by atoms with Gasteiger partial charge in [0.15, 0.2) is 5.54 Å². The van der Waals surface area contributed by atoms with Crippen LogP contribution in [0.1, 0.15) is 18.2 Å². The molecule has 0 spiro atoms. The van der Waals surface area contributed by atoms with Gasteiger partial charge >= 0.3 is 6.03 Å². The van der Waals surface area contributed by atoms with Gasteiger partial charge in [-0.15, -0.1) is 0 Å². The summed E-state index contributed by atoms with van der Waals surface area (Å²) in [5.41, 5.74) is -0.358. The molecule has 1 unspecified atom stereocenters. The van der Waals surface area contributed by atoms with Crippen LogP contribution in [0.15, 0.2) is 53.1 Å². The molecular weight excluding hydrogens is 310 g/mol. The largest absolute Gasteiger partial charge is 0.466 e. The molecule has 7 nitrogen and oxygen atoms in total. The summed E-state index contributed by atoms with van der Waals surface area (Å²) in [5.74, 6) is -0.601. The summed E-state index contributed by atoms with van der Waals surface area (Å²) >= 11 is 0. The summed E-state index contributed by atoms with van der Waals surface area (Å²) in [6.07, 6.45) is 1.43. The van der Waals surface area contributed by atoms with Crippen LogP contribution in [0.25, 0.3) is 0 Å². The summed E-state index contributed by atoms with van der Waals surface area (Å²) in [6, 6.07) is 12.0. The molecule has 1 saturated heterocycles. The number of benzene rings is 1. The molecule has 1 aliphatic rings. The number of carbonyl (C=O) groups excluding carboxylic acids is 3. The van der Waals surface area contributed by atoms with Gasteiger partial charge in [-0.3, -0.25) is 14.5 Å². The number of furan rings is 1. The van der Waals surface area contributed by atoms with Crippen molar-refractivity contribution in [1.82, 2.24) is 15.5 Å². The standard InChI is InChI=1S/C17H17N3O4/c1-17(13-8-5-9-24-13)15(22)20(16(23)19-17)11-14(21)18-10-12-6-3-2-4-7-12/h2-9H,10-11H2,1H3,(H,18,21)(H,19,23). The predicted molar refractivity (Wildman–Crippen MR) is 84.6 cm³/mol. The van der Waals surface area contributed by atoms with Crippen LogP contribution in [-0.2, 0) is 21.7 Å². The van der Waals surface area contributed by atoms with E-state index in [1.54, 1.807) is 19.1 Å². The Morgan fingerprint density at radius 1 is 1.21 bits per heavy atom. The van der Waals surface area contributed by atoms with Crippen LogP contribution in [0, 0.1) is 0 Å². The second-order valence-corrected chi connectivity index (χ2v) is 5.69. The predicted octanol–water partition coefficient (Wildman–Crippen LogP) is 1.36. The van der Waals surface area contributed by atoms with Gasteiger partial charge in [0, 0.05) is 6.54 Å². The summed E-state index contributed by atoms with van der Waals surface area (Å²) in [6.45, 7) is 1.54. The first-order valence-electron chi connectivity index (χ1n) is 7.49. The number of urea groups is 1. The van der Waals surface area contributed by atoms with Gasteiger partial charge in [0.05, 0.1) is 6.26 Å². The van der Waals surface area contributed by atoms with Gasteiger partial charge in [-0.1, -0.05) is 30.3 Å². The van der Waals surface area contributed by atoms with Crippen molar-refractivity contribution >= 4 is 17.8 Å². The summed E-state index contributed by atoms with van der Waals surface area (Å²) in [5, 5.41) is 5.27. The zero-order valence-corrected chi connectivity index (χ0v) is 13.1. The third-order valence-electron chi connectivity index (χ3n) is 3.92. The molecule has 2 aromatic rings. The van der Waals surface area contributed by atoms with E-state index in [0.29, 0.717) is 12.3 Å². The van der Waals surface area contributed by atoms with Gasteiger partial charge in [0.2, 0.25) is 5.91 Å². The second kappa shape index (κ2) is 6.19. The van der Waals surface area contributed by atoms with E-state index < -0.39 is 23.4 Å². The number of carbonyl (C=O) groups is 3. The minimum absolute atomic E-state index is 0.327. The number of hydrogen-bond acceptors (Lipinski definition) is 4. The lowest BCUT2D eigenvalue weighted by Crippen LogP contribution is -2.43. The van der Waals surface area contributed by atoms with Gasteiger partial charge < -0.3 is 15.1 Å². The Kier molecular flexibility index (Phi) is 4.07. The highest BCUT2D eigenvalue weighted by molar-refractivity contribution is 6.08. The van der Waals surface area contributed by atoms with Crippen molar-refractivity contribution in [2.45, 2.75) is 19.0 Å². The molecule has 0 bridgehead atoms. The second-order valence-electron chi connectivity index (χ2n) is 5.69. The number of hydrogen-bond donors (Lipinski definition) is 2. The Morgan fingerprint density at radius 2 is 1.96 bits per heavy atom. The molecule has 2 N–H and O–H groups in total. The van der Waals surface area contributed by atoms with Crippen molar-refractivity contribution < 1.29 is 18.8 Å². The zero-order chi connectivity index (χ0) is 17.2. The summed E-state index contributed by atoms with van der Waals surface area (Å²) in [4.78, 5) is 37.6. The molecule has 1 aromatic heterocycles. The summed E-state index contributed by atoms with van der Waals surface area (Å²) < 4.78 is 5.24. The van der Waals surface area contributed by atoms with Crippen LogP contribution in [0.4, 0.5) is 4.79 Å². The van der Waals surface area contributed by atoms with E-state index in [0.717, 1.165) is 10.5 Å². The normalized spacial score (nSPS) is 20.1. The van der Waals surface area contributed by atoms with Crippen molar-refractivity contribution in [1.29, 1.82) is 0 Å². The zero-order valence-electron chi connectivity index (χ0n) is 13.1. The third-order valence-corrected chi connectivity index (χ3v) is 3.92. The molecule has 0 radical (unpaired) electrons. The molecule has 0 saturated carbocycles. The minimum atomic E-state index is -1.29. The molecule has 7 heteroatoms.